The number of hydrogen-bond acceptors (Lipinski definition) is 2. The second-order valence-corrected chi connectivity index (χ2v) is 6.49. The molecule has 1 saturated carbocycles. The van der Waals surface area contributed by atoms with Crippen LogP contribution in [0, 0.1) is 11.3 Å². The van der Waals surface area contributed by atoms with Crippen molar-refractivity contribution in [3.63, 3.8) is 0 Å². The first kappa shape index (κ1) is 13.9. The first-order valence-electron chi connectivity index (χ1n) is 6.60. The Labute approximate surface area is 118 Å². The second kappa shape index (κ2) is 5.62. The van der Waals surface area contributed by atoms with Gasteiger partial charge in [-0.15, -0.1) is 0 Å². The van der Waals surface area contributed by atoms with Gasteiger partial charge in [-0.1, -0.05) is 29.8 Å². The third kappa shape index (κ3) is 3.07. The highest BCUT2D eigenvalue weighted by Gasteiger charge is 2.44. The molecule has 1 aliphatic carbocycles. The predicted octanol–water partition coefficient (Wildman–Crippen LogP) is 3.98. The maximum Gasteiger partial charge on any atom is 0.123 e. The van der Waals surface area contributed by atoms with E-state index >= 15 is 0 Å². The van der Waals surface area contributed by atoms with Gasteiger partial charge in [-0.05, 0) is 42.4 Å². The van der Waals surface area contributed by atoms with E-state index in [2.05, 4.69) is 41.2 Å². The van der Waals surface area contributed by atoms with Gasteiger partial charge in [-0.2, -0.15) is 0 Å². The van der Waals surface area contributed by atoms with E-state index in [-0.39, 0.29) is 0 Å². The molecule has 2 rings (SSSR count). The van der Waals surface area contributed by atoms with Crippen LogP contribution in [0.4, 0.5) is 0 Å². The topological polar surface area (TPSA) is 21.3 Å². The first-order chi connectivity index (χ1) is 8.57. The van der Waals surface area contributed by atoms with E-state index in [0.29, 0.717) is 5.41 Å². The molecule has 0 spiro atoms. The van der Waals surface area contributed by atoms with E-state index in [4.69, 9.17) is 4.74 Å². The molecule has 0 bridgehead atoms. The molecule has 0 aliphatic heterocycles. The van der Waals surface area contributed by atoms with Crippen molar-refractivity contribution in [1.29, 1.82) is 0 Å². The summed E-state index contributed by atoms with van der Waals surface area (Å²) in [4.78, 5) is 0. The Hall–Kier alpha value is -0.540. The Kier molecular flexibility index (Phi) is 4.33. The predicted molar refractivity (Wildman–Crippen MR) is 78.9 cm³/mol. The van der Waals surface area contributed by atoms with Crippen molar-refractivity contribution in [1.82, 2.24) is 5.32 Å². The van der Waals surface area contributed by atoms with E-state index in [1.807, 2.05) is 12.1 Å². The number of halogens is 1. The molecule has 1 aromatic rings. The third-order valence-corrected chi connectivity index (χ3v) is 4.65. The van der Waals surface area contributed by atoms with Gasteiger partial charge < -0.3 is 10.1 Å². The van der Waals surface area contributed by atoms with Crippen LogP contribution in [0.15, 0.2) is 22.7 Å². The minimum atomic E-state index is 0.555. The summed E-state index contributed by atoms with van der Waals surface area (Å²) >= 11 is 3.51. The van der Waals surface area contributed by atoms with E-state index < -0.39 is 0 Å². The van der Waals surface area contributed by atoms with Crippen LogP contribution in [0.3, 0.4) is 0 Å². The smallest absolute Gasteiger partial charge is 0.123 e. The first-order valence-corrected chi connectivity index (χ1v) is 7.40. The number of methoxy groups -OCH3 is 1. The van der Waals surface area contributed by atoms with Gasteiger partial charge in [-0.3, -0.25) is 0 Å². The normalized spacial score (nSPS) is 16.9. The highest BCUT2D eigenvalue weighted by molar-refractivity contribution is 9.10. The Morgan fingerprint density at radius 2 is 2.11 bits per heavy atom. The molecule has 1 fully saturated rings. The molecule has 3 heteroatoms. The van der Waals surface area contributed by atoms with Crippen LogP contribution in [-0.4, -0.2) is 13.7 Å². The quantitative estimate of drug-likeness (QED) is 0.858. The summed E-state index contributed by atoms with van der Waals surface area (Å²) in [6.45, 7) is 6.64. The van der Waals surface area contributed by atoms with Gasteiger partial charge in [-0.25, -0.2) is 0 Å². The van der Waals surface area contributed by atoms with Crippen LogP contribution in [0.25, 0.3) is 0 Å². The lowest BCUT2D eigenvalue weighted by Crippen LogP contribution is -2.27. The zero-order chi connectivity index (χ0) is 13.2. The minimum absolute atomic E-state index is 0.555. The van der Waals surface area contributed by atoms with Crippen molar-refractivity contribution in [2.45, 2.75) is 33.2 Å². The Balaban J connectivity index is 1.92. The molecule has 1 N–H and O–H groups in total. The third-order valence-electron chi connectivity index (χ3n) is 4.15. The summed E-state index contributed by atoms with van der Waals surface area (Å²) in [5, 5.41) is 3.59. The van der Waals surface area contributed by atoms with Crippen LogP contribution in [-0.2, 0) is 6.54 Å². The highest BCUT2D eigenvalue weighted by atomic mass is 79.9. The lowest BCUT2D eigenvalue weighted by molar-refractivity contribution is 0.336. The molecular weight excluding hydrogens is 290 g/mol. The van der Waals surface area contributed by atoms with Crippen molar-refractivity contribution in [3.05, 3.63) is 28.2 Å². The SMILES string of the molecule is COc1ccc(Br)cc1CNCC1(C(C)C)CC1. The van der Waals surface area contributed by atoms with Crippen LogP contribution in [0.2, 0.25) is 0 Å². The molecule has 0 heterocycles. The molecular formula is C15H22BrNO. The monoisotopic (exact) mass is 311 g/mol. The summed E-state index contributed by atoms with van der Waals surface area (Å²) in [6, 6.07) is 6.15. The van der Waals surface area contributed by atoms with Crippen molar-refractivity contribution in [2.24, 2.45) is 11.3 Å². The van der Waals surface area contributed by atoms with Gasteiger partial charge in [0.05, 0.1) is 7.11 Å². The van der Waals surface area contributed by atoms with E-state index in [1.165, 1.54) is 18.4 Å². The largest absolute Gasteiger partial charge is 0.496 e. The Morgan fingerprint density at radius 3 is 2.67 bits per heavy atom. The van der Waals surface area contributed by atoms with Gasteiger partial charge in [0.25, 0.3) is 0 Å². The molecule has 0 unspecified atom stereocenters. The minimum Gasteiger partial charge on any atom is -0.496 e. The number of nitrogens with one attached hydrogen (secondary N) is 1. The number of ether oxygens (including phenoxy) is 1. The number of hydrogen-bond donors (Lipinski definition) is 1. The summed E-state index contributed by atoms with van der Waals surface area (Å²) in [5.74, 6) is 1.73. The number of rotatable bonds is 6. The average molecular weight is 312 g/mol. The molecule has 100 valence electrons. The van der Waals surface area contributed by atoms with Crippen LogP contribution in [0.5, 0.6) is 5.75 Å². The van der Waals surface area contributed by atoms with Crippen LogP contribution >= 0.6 is 15.9 Å². The van der Waals surface area contributed by atoms with Crippen molar-refractivity contribution >= 4 is 15.9 Å². The lowest BCUT2D eigenvalue weighted by Gasteiger charge is -2.20. The molecule has 0 saturated heterocycles. The van der Waals surface area contributed by atoms with Crippen LogP contribution in [0.1, 0.15) is 32.3 Å². The molecule has 1 aliphatic rings. The molecule has 0 amide bonds. The molecule has 0 aromatic heterocycles. The Bertz CT molecular complexity index is 413. The van der Waals surface area contributed by atoms with E-state index in [0.717, 1.165) is 29.2 Å². The standard InChI is InChI=1S/C15H22BrNO/c1-11(2)15(6-7-15)10-17-9-12-8-13(16)4-5-14(12)18-3/h4-5,8,11,17H,6-7,9-10H2,1-3H3. The maximum absolute atomic E-state index is 5.39. The van der Waals surface area contributed by atoms with Crippen LogP contribution < -0.4 is 10.1 Å². The van der Waals surface area contributed by atoms with Gasteiger partial charge in [0.2, 0.25) is 0 Å². The Morgan fingerprint density at radius 1 is 1.39 bits per heavy atom. The van der Waals surface area contributed by atoms with Crippen molar-refractivity contribution in [3.8, 4) is 5.75 Å². The average Bonchev–Trinajstić information content (AvgIpc) is 3.10. The fourth-order valence-electron chi connectivity index (χ4n) is 2.45. The molecule has 1 aromatic carbocycles. The second-order valence-electron chi connectivity index (χ2n) is 5.58. The van der Waals surface area contributed by atoms with E-state index in [9.17, 15) is 0 Å². The van der Waals surface area contributed by atoms with E-state index in [1.54, 1.807) is 7.11 Å². The van der Waals surface area contributed by atoms with Gasteiger partial charge in [0.15, 0.2) is 0 Å². The van der Waals surface area contributed by atoms with Gasteiger partial charge >= 0.3 is 0 Å². The van der Waals surface area contributed by atoms with Gasteiger partial charge in [0.1, 0.15) is 5.75 Å². The fourth-order valence-corrected chi connectivity index (χ4v) is 2.86. The summed E-state index contributed by atoms with van der Waals surface area (Å²) in [5.41, 5.74) is 1.77. The molecule has 0 atom stereocenters. The maximum atomic E-state index is 5.39. The fraction of sp³-hybridized carbons (Fsp3) is 0.600. The highest BCUT2D eigenvalue weighted by Crippen LogP contribution is 2.51. The summed E-state index contributed by atoms with van der Waals surface area (Å²) < 4.78 is 6.49. The van der Waals surface area contributed by atoms with Crippen molar-refractivity contribution < 1.29 is 4.74 Å². The molecule has 2 nitrogen and oxygen atoms in total. The summed E-state index contributed by atoms with van der Waals surface area (Å²) in [6.07, 6.45) is 2.74. The molecule has 0 radical (unpaired) electrons. The van der Waals surface area contributed by atoms with Gasteiger partial charge in [0, 0.05) is 23.1 Å². The molecule has 18 heavy (non-hydrogen) atoms. The lowest BCUT2D eigenvalue weighted by atomic mass is 9.92. The summed E-state index contributed by atoms with van der Waals surface area (Å²) in [7, 11) is 1.73. The zero-order valence-corrected chi connectivity index (χ0v) is 13.0. The number of benzene rings is 1. The van der Waals surface area contributed by atoms with Crippen molar-refractivity contribution in [2.75, 3.05) is 13.7 Å². The zero-order valence-electron chi connectivity index (χ0n) is 11.4.